The number of fused-ring (bicyclic) bond motifs is 1. The summed E-state index contributed by atoms with van der Waals surface area (Å²) < 4.78 is 15.6. The molecule has 6 nitrogen and oxygen atoms in total. The molecule has 1 N–H and O–H groups in total. The average Bonchev–Trinajstić information content (AvgIpc) is 3.08. The molecule has 2 aromatic rings. The minimum absolute atomic E-state index is 0.131. The standard InChI is InChI=1S/C18H17NO5/c1-12(17(20)19-10-13-5-3-2-4-6-13)24-18(21)14-7-8-15-16(9-14)23-11-22-15/h2-9,12H,10-11H2,1H3,(H,19,20)/t12-/m1/s1. The Morgan fingerprint density at radius 3 is 2.67 bits per heavy atom. The summed E-state index contributed by atoms with van der Waals surface area (Å²) in [6, 6.07) is 14.3. The van der Waals surface area contributed by atoms with Crippen molar-refractivity contribution >= 4 is 11.9 Å². The number of esters is 1. The van der Waals surface area contributed by atoms with E-state index in [1.165, 1.54) is 6.92 Å². The van der Waals surface area contributed by atoms with E-state index in [0.29, 0.717) is 23.6 Å². The summed E-state index contributed by atoms with van der Waals surface area (Å²) in [5, 5.41) is 2.74. The number of rotatable bonds is 5. The van der Waals surface area contributed by atoms with Gasteiger partial charge in [-0.05, 0) is 30.7 Å². The molecule has 124 valence electrons. The minimum Gasteiger partial charge on any atom is -0.454 e. The Hall–Kier alpha value is -3.02. The van der Waals surface area contributed by atoms with Gasteiger partial charge in [0.25, 0.3) is 5.91 Å². The number of carbonyl (C=O) groups excluding carboxylic acids is 2. The van der Waals surface area contributed by atoms with E-state index in [1.807, 2.05) is 30.3 Å². The molecule has 0 unspecified atom stereocenters. The fourth-order valence-electron chi connectivity index (χ4n) is 2.23. The number of hydrogen-bond donors (Lipinski definition) is 1. The third-order valence-corrected chi connectivity index (χ3v) is 3.57. The largest absolute Gasteiger partial charge is 0.454 e. The van der Waals surface area contributed by atoms with Crippen LogP contribution >= 0.6 is 0 Å². The van der Waals surface area contributed by atoms with Gasteiger partial charge in [-0.2, -0.15) is 0 Å². The lowest BCUT2D eigenvalue weighted by Crippen LogP contribution is -2.35. The van der Waals surface area contributed by atoms with Crippen LogP contribution in [-0.2, 0) is 16.1 Å². The molecule has 0 aliphatic carbocycles. The molecule has 1 heterocycles. The zero-order valence-electron chi connectivity index (χ0n) is 13.2. The van der Waals surface area contributed by atoms with Crippen LogP contribution in [0.1, 0.15) is 22.8 Å². The van der Waals surface area contributed by atoms with Crippen LogP contribution < -0.4 is 14.8 Å². The van der Waals surface area contributed by atoms with Crippen LogP contribution in [0.5, 0.6) is 11.5 Å². The van der Waals surface area contributed by atoms with E-state index in [1.54, 1.807) is 18.2 Å². The van der Waals surface area contributed by atoms with Crippen LogP contribution in [0.4, 0.5) is 0 Å². The molecule has 6 heteroatoms. The Balaban J connectivity index is 1.54. The van der Waals surface area contributed by atoms with Crippen LogP contribution in [0.15, 0.2) is 48.5 Å². The summed E-state index contributed by atoms with van der Waals surface area (Å²) in [5.41, 5.74) is 1.28. The summed E-state index contributed by atoms with van der Waals surface area (Å²) in [4.78, 5) is 24.2. The average molecular weight is 327 g/mol. The molecule has 24 heavy (non-hydrogen) atoms. The van der Waals surface area contributed by atoms with Gasteiger partial charge in [0.05, 0.1) is 5.56 Å². The lowest BCUT2D eigenvalue weighted by molar-refractivity contribution is -0.129. The van der Waals surface area contributed by atoms with Gasteiger partial charge < -0.3 is 19.5 Å². The predicted molar refractivity (Wildman–Crippen MR) is 85.7 cm³/mol. The molecular weight excluding hydrogens is 310 g/mol. The van der Waals surface area contributed by atoms with E-state index in [9.17, 15) is 9.59 Å². The molecule has 0 saturated carbocycles. The first-order valence-corrected chi connectivity index (χ1v) is 7.56. The molecule has 0 bridgehead atoms. The maximum Gasteiger partial charge on any atom is 0.339 e. The van der Waals surface area contributed by atoms with Crippen molar-refractivity contribution in [1.82, 2.24) is 5.32 Å². The number of carbonyl (C=O) groups is 2. The zero-order valence-corrected chi connectivity index (χ0v) is 13.2. The predicted octanol–water partition coefficient (Wildman–Crippen LogP) is 2.28. The Labute approximate surface area is 139 Å². The van der Waals surface area contributed by atoms with Crippen molar-refractivity contribution in [1.29, 1.82) is 0 Å². The highest BCUT2D eigenvalue weighted by Crippen LogP contribution is 2.32. The molecule has 1 amide bonds. The first kappa shape index (κ1) is 15.9. The molecule has 1 aliphatic heterocycles. The summed E-state index contributed by atoms with van der Waals surface area (Å²) in [5.74, 6) is 0.134. The molecule has 3 rings (SSSR count). The minimum atomic E-state index is -0.897. The lowest BCUT2D eigenvalue weighted by Gasteiger charge is -2.13. The van der Waals surface area contributed by atoms with Gasteiger partial charge in [-0.1, -0.05) is 30.3 Å². The van der Waals surface area contributed by atoms with Gasteiger partial charge in [0, 0.05) is 6.54 Å². The monoisotopic (exact) mass is 327 g/mol. The van der Waals surface area contributed by atoms with Crippen molar-refractivity contribution in [3.63, 3.8) is 0 Å². The number of amides is 1. The Morgan fingerprint density at radius 1 is 1.12 bits per heavy atom. The Bertz CT molecular complexity index is 744. The van der Waals surface area contributed by atoms with Crippen molar-refractivity contribution in [2.24, 2.45) is 0 Å². The topological polar surface area (TPSA) is 73.9 Å². The summed E-state index contributed by atoms with van der Waals surface area (Å²) in [7, 11) is 0. The van der Waals surface area contributed by atoms with Crippen LogP contribution in [0.25, 0.3) is 0 Å². The van der Waals surface area contributed by atoms with Crippen molar-refractivity contribution < 1.29 is 23.8 Å². The second-order valence-corrected chi connectivity index (χ2v) is 5.32. The van der Waals surface area contributed by atoms with Crippen molar-refractivity contribution in [2.45, 2.75) is 19.6 Å². The van der Waals surface area contributed by atoms with Gasteiger partial charge in [0.1, 0.15) is 0 Å². The van der Waals surface area contributed by atoms with Gasteiger partial charge in [-0.25, -0.2) is 4.79 Å². The smallest absolute Gasteiger partial charge is 0.339 e. The van der Waals surface area contributed by atoms with E-state index in [4.69, 9.17) is 14.2 Å². The van der Waals surface area contributed by atoms with Crippen LogP contribution in [-0.4, -0.2) is 24.8 Å². The zero-order chi connectivity index (χ0) is 16.9. The molecule has 0 radical (unpaired) electrons. The first-order valence-electron chi connectivity index (χ1n) is 7.56. The third kappa shape index (κ3) is 3.65. The van der Waals surface area contributed by atoms with Crippen molar-refractivity contribution in [2.75, 3.05) is 6.79 Å². The molecule has 0 fully saturated rings. The van der Waals surface area contributed by atoms with E-state index < -0.39 is 12.1 Å². The van der Waals surface area contributed by atoms with E-state index in [0.717, 1.165) is 5.56 Å². The lowest BCUT2D eigenvalue weighted by atomic mass is 10.2. The van der Waals surface area contributed by atoms with Gasteiger partial charge in [-0.15, -0.1) is 0 Å². The number of hydrogen-bond acceptors (Lipinski definition) is 5. The Morgan fingerprint density at radius 2 is 1.88 bits per heavy atom. The van der Waals surface area contributed by atoms with Crippen LogP contribution in [0.2, 0.25) is 0 Å². The van der Waals surface area contributed by atoms with E-state index >= 15 is 0 Å². The second-order valence-electron chi connectivity index (χ2n) is 5.32. The van der Waals surface area contributed by atoms with E-state index in [2.05, 4.69) is 5.32 Å². The van der Waals surface area contributed by atoms with E-state index in [-0.39, 0.29) is 12.7 Å². The molecule has 0 aromatic heterocycles. The van der Waals surface area contributed by atoms with Gasteiger partial charge in [-0.3, -0.25) is 4.79 Å². The highest BCUT2D eigenvalue weighted by molar-refractivity contribution is 5.92. The third-order valence-electron chi connectivity index (χ3n) is 3.57. The van der Waals surface area contributed by atoms with Crippen molar-refractivity contribution in [3.8, 4) is 11.5 Å². The second kappa shape index (κ2) is 7.04. The van der Waals surface area contributed by atoms with Gasteiger partial charge in [0.2, 0.25) is 6.79 Å². The van der Waals surface area contributed by atoms with Gasteiger partial charge >= 0.3 is 5.97 Å². The number of nitrogens with one attached hydrogen (secondary N) is 1. The number of benzene rings is 2. The maximum atomic E-state index is 12.1. The molecule has 0 spiro atoms. The van der Waals surface area contributed by atoms with Gasteiger partial charge in [0.15, 0.2) is 17.6 Å². The molecule has 1 atom stereocenters. The molecular formula is C18H17NO5. The fraction of sp³-hybridized carbons (Fsp3) is 0.222. The number of ether oxygens (including phenoxy) is 3. The maximum absolute atomic E-state index is 12.1. The highest BCUT2D eigenvalue weighted by atomic mass is 16.7. The summed E-state index contributed by atoms with van der Waals surface area (Å²) >= 11 is 0. The molecule has 0 saturated heterocycles. The Kier molecular flexibility index (Phi) is 4.65. The first-order chi connectivity index (χ1) is 11.6. The van der Waals surface area contributed by atoms with Crippen molar-refractivity contribution in [3.05, 3.63) is 59.7 Å². The fourth-order valence-corrected chi connectivity index (χ4v) is 2.23. The normalized spacial score (nSPS) is 13.2. The summed E-state index contributed by atoms with van der Waals surface area (Å²) in [6.45, 7) is 2.04. The SMILES string of the molecule is C[C@@H](OC(=O)c1ccc2c(c1)OCO2)C(=O)NCc1ccccc1. The molecule has 2 aromatic carbocycles. The molecule has 1 aliphatic rings. The summed E-state index contributed by atoms with van der Waals surface area (Å²) in [6.07, 6.45) is -0.897. The van der Waals surface area contributed by atoms with Crippen LogP contribution in [0.3, 0.4) is 0 Å². The quantitative estimate of drug-likeness (QED) is 0.853. The highest BCUT2D eigenvalue weighted by Gasteiger charge is 2.21. The van der Waals surface area contributed by atoms with Crippen LogP contribution in [0, 0.1) is 0 Å².